The molecule has 2 heterocycles. The minimum atomic E-state index is -3.90. The normalized spacial score (nSPS) is 21.0. The van der Waals surface area contributed by atoms with Gasteiger partial charge in [-0.15, -0.1) is 0 Å². The third kappa shape index (κ3) is 4.82. The molecule has 7 nitrogen and oxygen atoms in total. The fraction of sp³-hybridized carbons (Fsp3) is 0.458. The molecule has 1 fully saturated rings. The molecular formula is C24H32N4O3S. The first kappa shape index (κ1) is 22.8. The van der Waals surface area contributed by atoms with Crippen molar-refractivity contribution in [2.24, 2.45) is 5.14 Å². The second kappa shape index (κ2) is 8.50. The maximum atomic E-state index is 12.8. The number of Topliss-reactive ketones (excluding diaryl/α,β-unsaturated/α-hetero) is 1. The molecule has 1 atom stereocenters. The number of carbonyl (C=O) groups excluding carboxylic acids is 1. The molecule has 3 N–H and O–H groups in total. The second-order valence-corrected chi connectivity index (χ2v) is 11.2. The van der Waals surface area contributed by atoms with Crippen molar-refractivity contribution in [1.29, 1.82) is 0 Å². The minimum absolute atomic E-state index is 0.00773. The van der Waals surface area contributed by atoms with Gasteiger partial charge in [0, 0.05) is 43.1 Å². The van der Waals surface area contributed by atoms with Crippen molar-refractivity contribution in [2.75, 3.05) is 49.2 Å². The first-order valence-corrected chi connectivity index (χ1v) is 12.7. The number of piperazine rings is 1. The Labute approximate surface area is 190 Å². The molecule has 2 aromatic carbocycles. The number of anilines is 2. The van der Waals surface area contributed by atoms with Gasteiger partial charge in [-0.1, -0.05) is 38.1 Å². The number of nitrogens with zero attached hydrogens (tertiary/aromatic N) is 2. The van der Waals surface area contributed by atoms with Crippen LogP contribution in [0.4, 0.5) is 11.4 Å². The van der Waals surface area contributed by atoms with Gasteiger partial charge in [0.1, 0.15) is 5.75 Å². The number of nitrogens with two attached hydrogens (primary N) is 1. The van der Waals surface area contributed by atoms with Gasteiger partial charge in [0.2, 0.25) is 10.0 Å². The van der Waals surface area contributed by atoms with E-state index in [-0.39, 0.29) is 11.5 Å². The maximum Gasteiger partial charge on any atom is 0.216 e. The summed E-state index contributed by atoms with van der Waals surface area (Å²) in [7, 11) is -1.75. The van der Waals surface area contributed by atoms with Crippen molar-refractivity contribution in [2.45, 2.75) is 31.7 Å². The molecule has 0 amide bonds. The zero-order valence-electron chi connectivity index (χ0n) is 19.0. The van der Waals surface area contributed by atoms with Gasteiger partial charge in [0.15, 0.2) is 5.78 Å². The number of sulfonamides is 1. The van der Waals surface area contributed by atoms with Gasteiger partial charge in [0.25, 0.3) is 0 Å². The lowest BCUT2D eigenvalue weighted by Crippen LogP contribution is -2.44. The smallest absolute Gasteiger partial charge is 0.216 e. The van der Waals surface area contributed by atoms with E-state index >= 15 is 0 Å². The molecular weight excluding hydrogens is 424 g/mol. The average Bonchev–Trinajstić information content (AvgIpc) is 2.72. The summed E-state index contributed by atoms with van der Waals surface area (Å²) in [5, 5.41) is 8.70. The number of carbonyl (C=O) groups is 1. The van der Waals surface area contributed by atoms with Crippen molar-refractivity contribution in [3.05, 3.63) is 59.2 Å². The van der Waals surface area contributed by atoms with Crippen LogP contribution in [0.5, 0.6) is 0 Å². The highest BCUT2D eigenvalue weighted by Gasteiger charge is 2.36. The van der Waals surface area contributed by atoms with Crippen molar-refractivity contribution in [1.82, 2.24) is 4.90 Å². The highest BCUT2D eigenvalue weighted by molar-refractivity contribution is 7.89. The Morgan fingerprint density at radius 3 is 2.50 bits per heavy atom. The molecule has 1 unspecified atom stereocenters. The van der Waals surface area contributed by atoms with Gasteiger partial charge in [-0.3, -0.25) is 4.79 Å². The lowest BCUT2D eigenvalue weighted by molar-refractivity contribution is 0.102. The number of likely N-dealkylation sites (N-methyl/N-ethyl adjacent to an activating group) is 1. The summed E-state index contributed by atoms with van der Waals surface area (Å²) in [6.07, 6.45) is 0.860. The Balaban J connectivity index is 1.66. The Morgan fingerprint density at radius 2 is 1.81 bits per heavy atom. The lowest BCUT2D eigenvalue weighted by atomic mass is 9.73. The highest BCUT2D eigenvalue weighted by Crippen LogP contribution is 2.45. The summed E-state index contributed by atoms with van der Waals surface area (Å²) >= 11 is 0. The molecule has 1 saturated heterocycles. The predicted octanol–water partition coefficient (Wildman–Crippen LogP) is 2.74. The van der Waals surface area contributed by atoms with Crippen LogP contribution in [-0.4, -0.2) is 58.1 Å². The van der Waals surface area contributed by atoms with E-state index in [0.29, 0.717) is 11.3 Å². The number of rotatable bonds is 5. The summed E-state index contributed by atoms with van der Waals surface area (Å²) in [5.41, 5.74) is 4.29. The minimum Gasteiger partial charge on any atom is -0.377 e. The average molecular weight is 457 g/mol. The van der Waals surface area contributed by atoms with Crippen molar-refractivity contribution in [3.8, 4) is 0 Å². The number of benzene rings is 2. The molecule has 172 valence electrons. The zero-order valence-corrected chi connectivity index (χ0v) is 19.8. The van der Waals surface area contributed by atoms with Crippen molar-refractivity contribution >= 4 is 27.2 Å². The molecule has 0 saturated carbocycles. The molecule has 2 aromatic rings. The number of ketones is 1. The lowest BCUT2D eigenvalue weighted by Gasteiger charge is -2.40. The molecule has 8 heteroatoms. The van der Waals surface area contributed by atoms with Crippen LogP contribution in [0.15, 0.2) is 42.5 Å². The van der Waals surface area contributed by atoms with Crippen LogP contribution in [0.2, 0.25) is 0 Å². The van der Waals surface area contributed by atoms with E-state index < -0.39 is 21.6 Å². The van der Waals surface area contributed by atoms with Crippen molar-refractivity contribution in [3.63, 3.8) is 0 Å². The van der Waals surface area contributed by atoms with Crippen molar-refractivity contribution < 1.29 is 13.2 Å². The van der Waals surface area contributed by atoms with Gasteiger partial charge in [0.05, 0.1) is 6.04 Å². The van der Waals surface area contributed by atoms with Crippen LogP contribution >= 0.6 is 0 Å². The molecule has 4 rings (SSSR count). The molecule has 0 radical (unpaired) electrons. The Kier molecular flexibility index (Phi) is 6.04. The zero-order chi connectivity index (χ0) is 23.1. The molecule has 0 spiro atoms. The van der Waals surface area contributed by atoms with E-state index in [0.717, 1.165) is 43.7 Å². The number of primary sulfonamides is 1. The van der Waals surface area contributed by atoms with E-state index in [1.807, 2.05) is 12.1 Å². The summed E-state index contributed by atoms with van der Waals surface area (Å²) in [6.45, 7) is 8.41. The predicted molar refractivity (Wildman–Crippen MR) is 129 cm³/mol. The molecule has 0 aliphatic carbocycles. The quantitative estimate of drug-likeness (QED) is 0.672. The van der Waals surface area contributed by atoms with Crippen LogP contribution in [-0.2, 0) is 15.4 Å². The van der Waals surface area contributed by atoms with Gasteiger partial charge < -0.3 is 15.1 Å². The van der Waals surface area contributed by atoms with Crippen LogP contribution in [0.25, 0.3) is 0 Å². The second-order valence-electron chi connectivity index (χ2n) is 9.63. The third-order valence-electron chi connectivity index (χ3n) is 6.60. The molecule has 2 aliphatic rings. The fourth-order valence-electron chi connectivity index (χ4n) is 4.81. The largest absolute Gasteiger partial charge is 0.377 e. The SMILES string of the molecule is CN1CCN(c2cccc(C3CC(C)(C)c4cccc(C(=O)CS(N)(=O)=O)c4N3)c2)CC1. The van der Waals surface area contributed by atoms with Crippen LogP contribution in [0.1, 0.15) is 47.8 Å². The topological polar surface area (TPSA) is 95.7 Å². The number of para-hydroxylation sites is 1. The van der Waals surface area contributed by atoms with E-state index in [2.05, 4.69) is 60.3 Å². The van der Waals surface area contributed by atoms with Gasteiger partial charge in [-0.2, -0.15) is 0 Å². The van der Waals surface area contributed by atoms with E-state index in [9.17, 15) is 13.2 Å². The Hall–Kier alpha value is -2.42. The number of nitrogens with one attached hydrogen (secondary N) is 1. The van der Waals surface area contributed by atoms with E-state index in [4.69, 9.17) is 5.14 Å². The summed E-state index contributed by atoms with van der Waals surface area (Å²) in [6, 6.07) is 14.1. The van der Waals surface area contributed by atoms with Crippen LogP contribution in [0.3, 0.4) is 0 Å². The summed E-state index contributed by atoms with van der Waals surface area (Å²) in [4.78, 5) is 17.5. The molecule has 2 aliphatic heterocycles. The van der Waals surface area contributed by atoms with Crippen LogP contribution in [0, 0.1) is 0 Å². The standard InChI is InChI=1S/C24H32N4O3S/c1-24(2)15-21(17-6-4-7-18(14-17)28-12-10-27(3)11-13-28)26-23-19(8-5-9-20(23)24)22(29)16-32(25,30)31/h4-9,14,21,26H,10-13,15-16H2,1-3H3,(H2,25,30,31). The summed E-state index contributed by atoms with van der Waals surface area (Å²) < 4.78 is 23.1. The first-order chi connectivity index (χ1) is 15.0. The Bertz CT molecular complexity index is 1120. The summed E-state index contributed by atoms with van der Waals surface area (Å²) in [5.74, 6) is -1.19. The fourth-order valence-corrected chi connectivity index (χ4v) is 5.34. The van der Waals surface area contributed by atoms with Gasteiger partial charge in [-0.25, -0.2) is 13.6 Å². The van der Waals surface area contributed by atoms with Crippen LogP contribution < -0.4 is 15.4 Å². The molecule has 0 aromatic heterocycles. The van der Waals surface area contributed by atoms with E-state index in [1.165, 1.54) is 5.69 Å². The maximum absolute atomic E-state index is 12.8. The number of fused-ring (bicyclic) bond motifs is 1. The Morgan fingerprint density at radius 1 is 1.12 bits per heavy atom. The third-order valence-corrected chi connectivity index (χ3v) is 7.26. The molecule has 32 heavy (non-hydrogen) atoms. The molecule has 0 bridgehead atoms. The monoisotopic (exact) mass is 456 g/mol. The van der Waals surface area contributed by atoms with E-state index in [1.54, 1.807) is 6.07 Å². The van der Waals surface area contributed by atoms with Gasteiger partial charge in [-0.05, 0) is 48.2 Å². The first-order valence-electron chi connectivity index (χ1n) is 11.0. The number of hydrogen-bond donors (Lipinski definition) is 2. The number of hydrogen-bond acceptors (Lipinski definition) is 6. The van der Waals surface area contributed by atoms with Gasteiger partial charge >= 0.3 is 0 Å². The highest BCUT2D eigenvalue weighted by atomic mass is 32.2.